The molecule has 0 bridgehead atoms. The summed E-state index contributed by atoms with van der Waals surface area (Å²) in [5.41, 5.74) is 7.62. The van der Waals surface area contributed by atoms with Gasteiger partial charge in [0, 0.05) is 40.7 Å². The Bertz CT molecular complexity index is 2830. The van der Waals surface area contributed by atoms with Gasteiger partial charge in [-0.15, -0.1) is 0 Å². The Balaban J connectivity index is 0.000000174. The fraction of sp³-hybridized carbons (Fsp3) is 0.114. The molecule has 8 aromatic rings. The minimum Gasteiger partial charge on any atom is -0.507 e. The predicted molar refractivity (Wildman–Crippen MR) is 219 cm³/mol. The van der Waals surface area contributed by atoms with E-state index in [1.54, 1.807) is 60.8 Å². The van der Waals surface area contributed by atoms with Crippen LogP contribution in [0, 0.1) is 27.7 Å². The number of hydrogen-bond donors (Lipinski definition) is 7. The van der Waals surface area contributed by atoms with Crippen LogP contribution in [0.15, 0.2) is 106 Å². The molecule has 286 valence electrons. The Morgan fingerprint density at radius 2 is 1.26 bits per heavy atom. The molecule has 0 fully saturated rings. The Morgan fingerprint density at radius 1 is 0.702 bits per heavy atom. The van der Waals surface area contributed by atoms with Crippen molar-refractivity contribution >= 4 is 67.7 Å². The monoisotopic (exact) mass is 763 g/mol. The summed E-state index contributed by atoms with van der Waals surface area (Å²) in [6.45, 7) is 8.23. The van der Waals surface area contributed by atoms with Gasteiger partial charge in [0.15, 0.2) is 5.58 Å². The van der Waals surface area contributed by atoms with Crippen molar-refractivity contribution < 1.29 is 34.4 Å². The van der Waals surface area contributed by atoms with Crippen molar-refractivity contribution in [3.8, 4) is 11.5 Å². The van der Waals surface area contributed by atoms with E-state index in [-0.39, 0.29) is 17.5 Å². The summed E-state index contributed by atoms with van der Waals surface area (Å²) in [5, 5.41) is 49.3. The largest absolute Gasteiger partial charge is 0.507 e. The molecule has 57 heavy (non-hydrogen) atoms. The number of aromatic carboxylic acids is 2. The number of aryl methyl sites for hydroxylation is 3. The maximum Gasteiger partial charge on any atom is 0.417 e. The molecule has 0 atom stereocenters. The predicted octanol–water partition coefficient (Wildman–Crippen LogP) is 9.02. The maximum atomic E-state index is 11.6. The number of H-pyrrole nitrogens is 1. The van der Waals surface area contributed by atoms with Gasteiger partial charge in [0.1, 0.15) is 28.4 Å². The number of nitrogens with zero attached hydrogens (tertiary/aromatic N) is 2. The second-order valence-corrected chi connectivity index (χ2v) is 13.7. The zero-order valence-electron chi connectivity index (χ0n) is 31.3. The van der Waals surface area contributed by atoms with E-state index in [9.17, 15) is 34.8 Å². The molecule has 0 spiro atoms. The van der Waals surface area contributed by atoms with E-state index in [4.69, 9.17) is 4.42 Å². The normalized spacial score (nSPS) is 11.0. The molecule has 0 unspecified atom stereocenters. The van der Waals surface area contributed by atoms with E-state index in [1.165, 1.54) is 28.8 Å². The molecule has 0 saturated carbocycles. The Hall–Kier alpha value is -7.67. The molecule has 0 aliphatic rings. The van der Waals surface area contributed by atoms with Crippen LogP contribution in [0.3, 0.4) is 0 Å². The van der Waals surface area contributed by atoms with Crippen LogP contribution in [0.25, 0.3) is 32.6 Å². The number of hydrogen-bond acceptors (Lipinski definition) is 10. The van der Waals surface area contributed by atoms with Crippen molar-refractivity contribution in [2.24, 2.45) is 0 Å². The fourth-order valence-electron chi connectivity index (χ4n) is 6.72. The third kappa shape index (κ3) is 7.67. The topological polar surface area (TPSA) is 211 Å². The lowest BCUT2D eigenvalue weighted by molar-refractivity contribution is 0.0682. The number of benzene rings is 6. The van der Waals surface area contributed by atoms with Crippen molar-refractivity contribution in [3.63, 3.8) is 0 Å². The quantitative estimate of drug-likeness (QED) is 0.0773. The number of rotatable bonds is 8. The number of aromatic amines is 1. The molecule has 13 heteroatoms. The second-order valence-electron chi connectivity index (χ2n) is 13.7. The highest BCUT2D eigenvalue weighted by molar-refractivity contribution is 6.02. The molecular formula is C44H37N5O8. The van der Waals surface area contributed by atoms with Gasteiger partial charge in [-0.1, -0.05) is 48.5 Å². The molecule has 2 heterocycles. The van der Waals surface area contributed by atoms with E-state index in [1.807, 2.05) is 19.1 Å². The molecule has 6 aromatic carbocycles. The molecule has 13 nitrogen and oxygen atoms in total. The third-order valence-electron chi connectivity index (χ3n) is 9.90. The van der Waals surface area contributed by atoms with Gasteiger partial charge in [-0.25, -0.2) is 19.4 Å². The summed E-state index contributed by atoms with van der Waals surface area (Å²) in [6.07, 6.45) is 1.73. The number of phenols is 2. The summed E-state index contributed by atoms with van der Waals surface area (Å²) in [5.74, 6) is -2.64. The van der Waals surface area contributed by atoms with E-state index in [0.29, 0.717) is 55.5 Å². The van der Waals surface area contributed by atoms with Crippen molar-refractivity contribution in [1.29, 1.82) is 0 Å². The van der Waals surface area contributed by atoms with Crippen molar-refractivity contribution in [2.45, 2.75) is 34.1 Å². The highest BCUT2D eigenvalue weighted by Crippen LogP contribution is 2.39. The van der Waals surface area contributed by atoms with Crippen LogP contribution in [-0.2, 0) is 6.42 Å². The molecule has 0 amide bonds. The van der Waals surface area contributed by atoms with E-state index < -0.39 is 29.2 Å². The Morgan fingerprint density at radius 3 is 1.82 bits per heavy atom. The molecule has 0 radical (unpaired) electrons. The summed E-state index contributed by atoms with van der Waals surface area (Å²) in [4.78, 5) is 46.2. The summed E-state index contributed by atoms with van der Waals surface area (Å²) < 4.78 is 5.04. The lowest BCUT2D eigenvalue weighted by Gasteiger charge is -2.16. The Labute approximate surface area is 324 Å². The SMILES string of the molecule is Cc1cnc(Nc2cc(C)c(C)c(C)c2)nc1Nc1ccc2oc(=O)[nH]c2c1.O=C(O)c1cc2ccccc2c(Cc2c(O)c(C(=O)O)cc3ccccc23)c1O. The van der Waals surface area contributed by atoms with E-state index >= 15 is 0 Å². The average Bonchev–Trinajstić information content (AvgIpc) is 3.56. The van der Waals surface area contributed by atoms with Gasteiger partial charge in [-0.3, -0.25) is 4.98 Å². The standard InChI is InChI=1S/C23H16O6.C21H21N5O2/c24-20-16(14-7-3-1-5-12(14)9-18(20)22(26)27)11-17-15-8-4-2-6-13(15)10-19(21(17)25)23(28)29;1-11-7-16(8-12(2)14(11)4)24-20-22-10-13(3)19(26-20)23-15-5-6-18-17(9-15)25-21(27)28-18/h1-10,24-25H,11H2,(H,26,27)(H,28,29);5-10H,1-4H3,(H,25,27)(H2,22,23,24,26). The average molecular weight is 764 g/mol. The van der Waals surface area contributed by atoms with Gasteiger partial charge in [-0.05, 0) is 108 Å². The summed E-state index contributed by atoms with van der Waals surface area (Å²) >= 11 is 0. The number of aromatic nitrogens is 3. The highest BCUT2D eigenvalue weighted by Gasteiger charge is 2.22. The Kier molecular flexibility index (Phi) is 10.1. The highest BCUT2D eigenvalue weighted by atomic mass is 16.4. The lowest BCUT2D eigenvalue weighted by atomic mass is 9.90. The van der Waals surface area contributed by atoms with Gasteiger partial charge in [-0.2, -0.15) is 4.98 Å². The second kappa shape index (κ2) is 15.2. The first-order valence-electron chi connectivity index (χ1n) is 17.8. The van der Waals surface area contributed by atoms with Gasteiger partial charge >= 0.3 is 17.7 Å². The number of oxazole rings is 1. The first-order chi connectivity index (χ1) is 27.3. The van der Waals surface area contributed by atoms with Gasteiger partial charge in [0.2, 0.25) is 5.95 Å². The molecule has 7 N–H and O–H groups in total. The number of carboxylic acids is 2. The zero-order chi connectivity index (χ0) is 40.5. The van der Waals surface area contributed by atoms with Crippen LogP contribution in [0.4, 0.5) is 23.1 Å². The summed E-state index contributed by atoms with van der Waals surface area (Å²) in [7, 11) is 0. The molecule has 0 saturated heterocycles. The molecule has 0 aliphatic carbocycles. The van der Waals surface area contributed by atoms with Crippen LogP contribution < -0.4 is 16.4 Å². The maximum absolute atomic E-state index is 11.6. The van der Waals surface area contributed by atoms with Crippen LogP contribution in [0.5, 0.6) is 11.5 Å². The number of anilines is 4. The molecule has 2 aromatic heterocycles. The van der Waals surface area contributed by atoms with Crippen molar-refractivity contribution in [2.75, 3.05) is 10.6 Å². The minimum absolute atomic E-state index is 0.0407. The van der Waals surface area contributed by atoms with Crippen LogP contribution in [0.2, 0.25) is 0 Å². The van der Waals surface area contributed by atoms with Crippen LogP contribution in [-0.4, -0.2) is 47.3 Å². The number of nitrogens with one attached hydrogen (secondary N) is 3. The lowest BCUT2D eigenvalue weighted by Crippen LogP contribution is -2.04. The number of fused-ring (bicyclic) bond motifs is 3. The first-order valence-corrected chi connectivity index (χ1v) is 17.8. The first kappa shape index (κ1) is 37.6. The van der Waals surface area contributed by atoms with Gasteiger partial charge in [0.05, 0.1) is 5.52 Å². The molecule has 0 aliphatic heterocycles. The van der Waals surface area contributed by atoms with Crippen molar-refractivity contribution in [3.05, 3.63) is 152 Å². The van der Waals surface area contributed by atoms with E-state index in [2.05, 4.69) is 58.5 Å². The zero-order valence-corrected chi connectivity index (χ0v) is 31.3. The molecular weight excluding hydrogens is 727 g/mol. The number of carbonyl (C=O) groups is 2. The van der Waals surface area contributed by atoms with Gasteiger partial charge < -0.3 is 35.5 Å². The number of carboxylic acid groups (broad SMARTS) is 2. The van der Waals surface area contributed by atoms with Crippen molar-refractivity contribution in [1.82, 2.24) is 15.0 Å². The smallest absolute Gasteiger partial charge is 0.417 e. The van der Waals surface area contributed by atoms with Crippen LogP contribution in [0.1, 0.15) is 54.1 Å². The van der Waals surface area contributed by atoms with Gasteiger partial charge in [0.25, 0.3) is 0 Å². The minimum atomic E-state index is -1.28. The number of aromatic hydroxyl groups is 2. The molecule has 8 rings (SSSR count). The fourth-order valence-corrected chi connectivity index (χ4v) is 6.72. The third-order valence-corrected chi connectivity index (χ3v) is 9.90. The van der Waals surface area contributed by atoms with E-state index in [0.717, 1.165) is 16.9 Å². The van der Waals surface area contributed by atoms with Crippen LogP contribution >= 0.6 is 0 Å². The summed E-state index contributed by atoms with van der Waals surface area (Å²) in [6, 6.07) is 26.3.